The first-order chi connectivity index (χ1) is 8.84. The van der Waals surface area contributed by atoms with Gasteiger partial charge in [0.1, 0.15) is 3.92 Å². The van der Waals surface area contributed by atoms with Crippen molar-refractivity contribution in [2.75, 3.05) is 39.5 Å². The van der Waals surface area contributed by atoms with E-state index in [9.17, 15) is 13.2 Å². The van der Waals surface area contributed by atoms with Crippen molar-refractivity contribution in [3.63, 3.8) is 0 Å². The molecule has 0 aromatic heterocycles. The van der Waals surface area contributed by atoms with Crippen LogP contribution in [0, 0.1) is 5.92 Å². The molecule has 2 atom stereocenters. The lowest BCUT2D eigenvalue weighted by Gasteiger charge is -2.31. The predicted octanol–water partition coefficient (Wildman–Crippen LogP) is 0.224. The Bertz CT molecular complexity index is 401. The molecule has 1 N–H and O–H groups in total. The van der Waals surface area contributed by atoms with Crippen LogP contribution in [0.5, 0.6) is 0 Å². The lowest BCUT2D eigenvalue weighted by molar-refractivity contribution is -0.139. The molecule has 0 aromatic carbocycles. The van der Waals surface area contributed by atoms with Crippen molar-refractivity contribution in [2.45, 2.75) is 16.8 Å². The Balaban J connectivity index is 2.32. The second-order valence-corrected chi connectivity index (χ2v) is 8.26. The summed E-state index contributed by atoms with van der Waals surface area (Å²) >= 11 is 2.04. The summed E-state index contributed by atoms with van der Waals surface area (Å²) in [6.45, 7) is 2.45. The fourth-order valence-corrected chi connectivity index (χ4v) is 3.63. The van der Waals surface area contributed by atoms with E-state index in [1.165, 1.54) is 17.7 Å². The van der Waals surface area contributed by atoms with Gasteiger partial charge in [-0.1, -0.05) is 22.6 Å². The first kappa shape index (κ1) is 17.1. The lowest BCUT2D eigenvalue weighted by Crippen LogP contribution is -2.43. The summed E-state index contributed by atoms with van der Waals surface area (Å²) in [4.78, 5) is 11.2. The number of esters is 1. The molecule has 0 bridgehead atoms. The monoisotopic (exact) mass is 404 g/mol. The van der Waals surface area contributed by atoms with Gasteiger partial charge in [0.25, 0.3) is 0 Å². The molecule has 8 heteroatoms. The van der Waals surface area contributed by atoms with Gasteiger partial charge < -0.3 is 10.1 Å². The van der Waals surface area contributed by atoms with Gasteiger partial charge in [-0.3, -0.25) is 4.79 Å². The molecule has 0 saturated carbocycles. The first-order valence-electron chi connectivity index (χ1n) is 6.22. The second-order valence-electron chi connectivity index (χ2n) is 4.78. The smallest absolute Gasteiger partial charge is 0.319 e. The van der Waals surface area contributed by atoms with Crippen LogP contribution in [0.2, 0.25) is 0 Å². The summed E-state index contributed by atoms with van der Waals surface area (Å²) in [6, 6.07) is 0. The molecule has 0 aromatic rings. The van der Waals surface area contributed by atoms with Crippen molar-refractivity contribution in [3.05, 3.63) is 0 Å². The lowest BCUT2D eigenvalue weighted by atomic mass is 10.00. The van der Waals surface area contributed by atoms with Crippen molar-refractivity contribution in [3.8, 4) is 0 Å². The van der Waals surface area contributed by atoms with E-state index < -0.39 is 10.0 Å². The topological polar surface area (TPSA) is 75.7 Å². The molecule has 0 radical (unpaired) electrons. The molecule has 0 spiro atoms. The summed E-state index contributed by atoms with van der Waals surface area (Å²) < 4.78 is 28.9. The number of halogens is 1. The van der Waals surface area contributed by atoms with Crippen LogP contribution >= 0.6 is 22.6 Å². The van der Waals surface area contributed by atoms with Crippen LogP contribution in [0.3, 0.4) is 0 Å². The normalized spacial score (nSPS) is 23.0. The largest absolute Gasteiger partial charge is 0.468 e. The molecule has 0 aliphatic carbocycles. The van der Waals surface area contributed by atoms with Crippen LogP contribution in [0.25, 0.3) is 0 Å². The fourth-order valence-electron chi connectivity index (χ4n) is 2.12. The van der Waals surface area contributed by atoms with Crippen molar-refractivity contribution >= 4 is 38.6 Å². The van der Waals surface area contributed by atoms with Gasteiger partial charge >= 0.3 is 5.97 Å². The first-order valence-corrected chi connectivity index (χ1v) is 9.31. The van der Waals surface area contributed by atoms with E-state index >= 15 is 0 Å². The van der Waals surface area contributed by atoms with Gasteiger partial charge in [-0.05, 0) is 25.3 Å². The minimum atomic E-state index is -3.09. The molecular formula is C11H21IN2O4S. The predicted molar refractivity (Wildman–Crippen MR) is 81.8 cm³/mol. The third kappa shape index (κ3) is 5.92. The molecule has 1 fully saturated rings. The van der Waals surface area contributed by atoms with E-state index in [0.717, 1.165) is 19.4 Å². The average molecular weight is 404 g/mol. The van der Waals surface area contributed by atoms with Gasteiger partial charge in [0.05, 0.1) is 13.4 Å². The van der Waals surface area contributed by atoms with Crippen molar-refractivity contribution in [2.24, 2.45) is 5.92 Å². The Morgan fingerprint density at radius 3 is 2.84 bits per heavy atom. The second kappa shape index (κ2) is 7.75. The SMILES string of the molecule is COC(=O)C(I)CNCC1CCCN(S(C)(=O)=O)C1. The molecule has 0 amide bonds. The van der Waals surface area contributed by atoms with Gasteiger partial charge in [-0.15, -0.1) is 0 Å². The maximum atomic E-state index is 11.5. The number of hydrogen-bond acceptors (Lipinski definition) is 5. The number of carbonyl (C=O) groups is 1. The Labute approximate surface area is 128 Å². The van der Waals surface area contributed by atoms with Crippen molar-refractivity contribution in [1.29, 1.82) is 0 Å². The average Bonchev–Trinajstić information content (AvgIpc) is 2.37. The van der Waals surface area contributed by atoms with E-state index in [-0.39, 0.29) is 9.89 Å². The van der Waals surface area contributed by atoms with Gasteiger partial charge in [0.15, 0.2) is 0 Å². The number of nitrogens with zero attached hydrogens (tertiary/aromatic N) is 1. The number of methoxy groups -OCH3 is 1. The maximum Gasteiger partial charge on any atom is 0.319 e. The quantitative estimate of drug-likeness (QED) is 0.390. The summed E-state index contributed by atoms with van der Waals surface area (Å²) in [5.41, 5.74) is 0. The number of alkyl halides is 1. The highest BCUT2D eigenvalue weighted by Gasteiger charge is 2.25. The number of ether oxygens (including phenoxy) is 1. The van der Waals surface area contributed by atoms with Crippen LogP contribution in [0.1, 0.15) is 12.8 Å². The Morgan fingerprint density at radius 2 is 2.26 bits per heavy atom. The number of carbonyl (C=O) groups excluding carboxylic acids is 1. The van der Waals surface area contributed by atoms with Crippen LogP contribution in [-0.2, 0) is 19.6 Å². The minimum Gasteiger partial charge on any atom is -0.468 e. The third-order valence-electron chi connectivity index (χ3n) is 3.16. The van der Waals surface area contributed by atoms with Crippen LogP contribution in [-0.4, -0.2) is 62.2 Å². The molecule has 1 aliphatic heterocycles. The molecule has 112 valence electrons. The molecule has 1 aliphatic rings. The van der Waals surface area contributed by atoms with Gasteiger partial charge in [0.2, 0.25) is 10.0 Å². The third-order valence-corrected chi connectivity index (χ3v) is 5.38. The summed E-state index contributed by atoms with van der Waals surface area (Å²) in [5.74, 6) is 0.0687. The van der Waals surface area contributed by atoms with Crippen molar-refractivity contribution in [1.82, 2.24) is 9.62 Å². The number of hydrogen-bond donors (Lipinski definition) is 1. The van der Waals surface area contributed by atoms with Crippen LogP contribution in [0.4, 0.5) is 0 Å². The minimum absolute atomic E-state index is 0.211. The number of sulfonamides is 1. The zero-order valence-corrected chi connectivity index (χ0v) is 14.2. The van der Waals surface area contributed by atoms with Gasteiger partial charge in [0, 0.05) is 19.6 Å². The van der Waals surface area contributed by atoms with E-state index in [1.807, 2.05) is 22.6 Å². The number of nitrogens with one attached hydrogen (secondary N) is 1. The molecule has 1 rings (SSSR count). The van der Waals surface area contributed by atoms with Gasteiger partial charge in [-0.25, -0.2) is 12.7 Å². The molecule has 6 nitrogen and oxygen atoms in total. The molecule has 19 heavy (non-hydrogen) atoms. The fraction of sp³-hybridized carbons (Fsp3) is 0.909. The zero-order valence-electron chi connectivity index (χ0n) is 11.3. The molecule has 1 heterocycles. The zero-order chi connectivity index (χ0) is 14.5. The Kier molecular flexibility index (Phi) is 6.98. The van der Waals surface area contributed by atoms with E-state index in [2.05, 4.69) is 10.1 Å². The highest BCUT2D eigenvalue weighted by molar-refractivity contribution is 14.1. The van der Waals surface area contributed by atoms with E-state index in [4.69, 9.17) is 0 Å². The van der Waals surface area contributed by atoms with Crippen LogP contribution in [0.15, 0.2) is 0 Å². The summed E-state index contributed by atoms with van der Waals surface area (Å²) in [5, 5.41) is 3.21. The summed E-state index contributed by atoms with van der Waals surface area (Å²) in [6.07, 6.45) is 3.16. The van der Waals surface area contributed by atoms with E-state index in [0.29, 0.717) is 25.6 Å². The number of rotatable bonds is 6. The molecular weight excluding hydrogens is 383 g/mol. The van der Waals surface area contributed by atoms with Crippen LogP contribution < -0.4 is 5.32 Å². The molecule has 1 saturated heterocycles. The highest BCUT2D eigenvalue weighted by Crippen LogP contribution is 2.18. The highest BCUT2D eigenvalue weighted by atomic mass is 127. The summed E-state index contributed by atoms with van der Waals surface area (Å²) in [7, 11) is -1.71. The number of piperidine rings is 1. The Morgan fingerprint density at radius 1 is 1.58 bits per heavy atom. The maximum absolute atomic E-state index is 11.5. The van der Waals surface area contributed by atoms with Crippen molar-refractivity contribution < 1.29 is 17.9 Å². The Hall–Kier alpha value is 0.0700. The molecule has 2 unspecified atom stereocenters. The standard InChI is InChI=1S/C11H21IN2O4S/c1-18-11(15)10(12)7-13-6-9-4-3-5-14(8-9)19(2,16)17/h9-10,13H,3-8H2,1-2H3. The van der Waals surface area contributed by atoms with Gasteiger partial charge in [-0.2, -0.15) is 0 Å². The van der Waals surface area contributed by atoms with E-state index in [1.54, 1.807) is 0 Å².